The minimum atomic E-state index is -4.39. The molecule has 6 heteroatoms. The van der Waals surface area contributed by atoms with Crippen LogP contribution in [0.2, 0.25) is 0 Å². The second kappa shape index (κ2) is 3.84. The highest BCUT2D eigenvalue weighted by atomic mass is 32.1. The van der Waals surface area contributed by atoms with Crippen LogP contribution in [0.3, 0.4) is 0 Å². The maximum absolute atomic E-state index is 12.5. The molecular weight excluding hydrogens is 261 g/mol. The number of aromatic nitrogens is 2. The van der Waals surface area contributed by atoms with E-state index in [0.717, 1.165) is 27.6 Å². The molecule has 0 fully saturated rings. The summed E-state index contributed by atoms with van der Waals surface area (Å²) >= 11 is 0.981. The van der Waals surface area contributed by atoms with Crippen LogP contribution in [-0.2, 0) is 6.18 Å². The summed E-state index contributed by atoms with van der Waals surface area (Å²) in [4.78, 5) is 3.63. The minimum Gasteiger partial charge on any atom is -0.293 e. The fraction of sp³-hybridized carbons (Fsp3) is 0.0833. The lowest BCUT2D eigenvalue weighted by Crippen LogP contribution is -2.05. The van der Waals surface area contributed by atoms with Gasteiger partial charge in [-0.3, -0.25) is 4.57 Å². The van der Waals surface area contributed by atoms with Gasteiger partial charge in [-0.15, -0.1) is 11.3 Å². The third-order valence-electron chi connectivity index (χ3n) is 2.59. The van der Waals surface area contributed by atoms with Crippen molar-refractivity contribution in [3.8, 4) is 5.13 Å². The maximum Gasteiger partial charge on any atom is 0.434 e. The lowest BCUT2D eigenvalue weighted by molar-refractivity contribution is -0.140. The zero-order valence-corrected chi connectivity index (χ0v) is 9.79. The first-order valence-electron chi connectivity index (χ1n) is 5.15. The van der Waals surface area contributed by atoms with E-state index in [0.29, 0.717) is 5.13 Å². The van der Waals surface area contributed by atoms with Gasteiger partial charge in [0, 0.05) is 17.0 Å². The number of rotatable bonds is 1. The van der Waals surface area contributed by atoms with Gasteiger partial charge in [-0.1, -0.05) is 18.2 Å². The van der Waals surface area contributed by atoms with Gasteiger partial charge in [-0.25, -0.2) is 4.98 Å². The van der Waals surface area contributed by atoms with Crippen molar-refractivity contribution in [2.75, 3.05) is 0 Å². The van der Waals surface area contributed by atoms with Crippen LogP contribution in [0.4, 0.5) is 13.2 Å². The van der Waals surface area contributed by atoms with Gasteiger partial charge in [-0.05, 0) is 12.1 Å². The zero-order valence-electron chi connectivity index (χ0n) is 8.98. The molecule has 0 atom stereocenters. The molecule has 0 radical (unpaired) electrons. The molecule has 2 aromatic heterocycles. The second-order valence-electron chi connectivity index (χ2n) is 3.76. The molecule has 0 saturated heterocycles. The summed E-state index contributed by atoms with van der Waals surface area (Å²) < 4.78 is 39.1. The van der Waals surface area contributed by atoms with Crippen LogP contribution < -0.4 is 0 Å². The van der Waals surface area contributed by atoms with Gasteiger partial charge in [-0.2, -0.15) is 13.2 Å². The van der Waals surface area contributed by atoms with Crippen LogP contribution in [0, 0.1) is 0 Å². The number of para-hydroxylation sites is 1. The first-order chi connectivity index (χ1) is 8.55. The Hall–Kier alpha value is -1.82. The summed E-state index contributed by atoms with van der Waals surface area (Å²) in [6, 6.07) is 9.34. The largest absolute Gasteiger partial charge is 0.434 e. The number of alkyl halides is 3. The van der Waals surface area contributed by atoms with Crippen LogP contribution in [0.25, 0.3) is 16.0 Å². The van der Waals surface area contributed by atoms with E-state index in [1.54, 1.807) is 10.8 Å². The Kier molecular flexibility index (Phi) is 2.41. The van der Waals surface area contributed by atoms with Gasteiger partial charge >= 0.3 is 6.18 Å². The van der Waals surface area contributed by atoms with Gasteiger partial charge in [0.2, 0.25) is 0 Å². The Labute approximate surface area is 104 Å². The molecule has 3 aromatic rings. The van der Waals surface area contributed by atoms with Gasteiger partial charge in [0.1, 0.15) is 0 Å². The van der Waals surface area contributed by atoms with E-state index in [-0.39, 0.29) is 0 Å². The number of hydrogen-bond donors (Lipinski definition) is 0. The molecular formula is C12H7F3N2S. The third-order valence-corrected chi connectivity index (χ3v) is 3.43. The summed E-state index contributed by atoms with van der Waals surface area (Å²) in [7, 11) is 0. The van der Waals surface area contributed by atoms with E-state index in [1.807, 2.05) is 30.3 Å². The van der Waals surface area contributed by atoms with E-state index >= 15 is 0 Å². The van der Waals surface area contributed by atoms with Crippen molar-refractivity contribution >= 4 is 22.2 Å². The molecule has 0 aliphatic rings. The first-order valence-corrected chi connectivity index (χ1v) is 6.03. The van der Waals surface area contributed by atoms with Crippen LogP contribution in [-0.4, -0.2) is 9.55 Å². The van der Waals surface area contributed by atoms with E-state index < -0.39 is 11.9 Å². The van der Waals surface area contributed by atoms with Crippen LogP contribution >= 0.6 is 11.3 Å². The fourth-order valence-corrected chi connectivity index (χ4v) is 2.58. The molecule has 0 unspecified atom stereocenters. The highest BCUT2D eigenvalue weighted by Gasteiger charge is 2.33. The first kappa shape index (κ1) is 11.3. The number of thiazole rings is 1. The Balaban J connectivity index is 2.13. The molecule has 0 aliphatic carbocycles. The molecule has 0 spiro atoms. The van der Waals surface area contributed by atoms with Gasteiger partial charge in [0.25, 0.3) is 0 Å². The van der Waals surface area contributed by atoms with E-state index in [1.165, 1.54) is 0 Å². The lowest BCUT2D eigenvalue weighted by Gasteiger charge is -2.01. The number of halogens is 3. The van der Waals surface area contributed by atoms with E-state index in [9.17, 15) is 13.2 Å². The van der Waals surface area contributed by atoms with Gasteiger partial charge < -0.3 is 0 Å². The smallest absolute Gasteiger partial charge is 0.293 e. The van der Waals surface area contributed by atoms with Crippen molar-refractivity contribution in [2.24, 2.45) is 0 Å². The molecule has 2 heterocycles. The third kappa shape index (κ3) is 1.78. The topological polar surface area (TPSA) is 17.8 Å². The molecule has 0 amide bonds. The van der Waals surface area contributed by atoms with Crippen molar-refractivity contribution in [1.82, 2.24) is 9.55 Å². The lowest BCUT2D eigenvalue weighted by atomic mass is 10.2. The molecule has 92 valence electrons. The molecule has 1 aromatic carbocycles. The molecule has 0 saturated carbocycles. The highest BCUT2D eigenvalue weighted by molar-refractivity contribution is 7.12. The predicted octanol–water partition coefficient (Wildman–Crippen LogP) is 4.11. The SMILES string of the molecule is FC(F)(F)c1csc(-n2ccc3ccccc32)n1. The maximum atomic E-state index is 12.5. The van der Waals surface area contributed by atoms with Crippen molar-refractivity contribution in [2.45, 2.75) is 6.18 Å². The highest BCUT2D eigenvalue weighted by Crippen LogP contribution is 2.32. The van der Waals surface area contributed by atoms with Crippen molar-refractivity contribution in [3.63, 3.8) is 0 Å². The minimum absolute atomic E-state index is 0.323. The standard InChI is InChI=1S/C12H7F3N2S/c13-12(14,15)10-7-18-11(16-10)17-6-5-8-3-1-2-4-9(8)17/h1-7H. The van der Waals surface area contributed by atoms with Gasteiger partial charge in [0.05, 0.1) is 5.52 Å². The van der Waals surface area contributed by atoms with Crippen LogP contribution in [0.15, 0.2) is 41.9 Å². The number of benzene rings is 1. The Morgan fingerprint density at radius 1 is 1.11 bits per heavy atom. The predicted molar refractivity (Wildman–Crippen MR) is 63.9 cm³/mol. The quantitative estimate of drug-likeness (QED) is 0.649. The summed E-state index contributed by atoms with van der Waals surface area (Å²) in [6.07, 6.45) is -2.67. The summed E-state index contributed by atoms with van der Waals surface area (Å²) in [5.74, 6) is 0. The molecule has 0 N–H and O–H groups in total. The second-order valence-corrected chi connectivity index (χ2v) is 4.59. The monoisotopic (exact) mass is 268 g/mol. The average molecular weight is 268 g/mol. The van der Waals surface area contributed by atoms with Crippen molar-refractivity contribution < 1.29 is 13.2 Å². The Morgan fingerprint density at radius 2 is 1.89 bits per heavy atom. The summed E-state index contributed by atoms with van der Waals surface area (Å²) in [5, 5.41) is 2.33. The van der Waals surface area contributed by atoms with E-state index in [4.69, 9.17) is 0 Å². The van der Waals surface area contributed by atoms with Crippen molar-refractivity contribution in [1.29, 1.82) is 0 Å². The number of nitrogens with zero attached hydrogens (tertiary/aromatic N) is 2. The average Bonchev–Trinajstić information content (AvgIpc) is 2.94. The van der Waals surface area contributed by atoms with Crippen LogP contribution in [0.5, 0.6) is 0 Å². The summed E-state index contributed by atoms with van der Waals surface area (Å²) in [6.45, 7) is 0. The van der Waals surface area contributed by atoms with Crippen LogP contribution in [0.1, 0.15) is 5.69 Å². The number of fused-ring (bicyclic) bond motifs is 1. The van der Waals surface area contributed by atoms with Crippen molar-refractivity contribution in [3.05, 3.63) is 47.6 Å². The molecule has 3 rings (SSSR count). The summed E-state index contributed by atoms with van der Waals surface area (Å²) in [5.41, 5.74) is 0.000792. The molecule has 2 nitrogen and oxygen atoms in total. The normalized spacial score (nSPS) is 12.2. The zero-order chi connectivity index (χ0) is 12.8. The number of hydrogen-bond acceptors (Lipinski definition) is 2. The Morgan fingerprint density at radius 3 is 2.61 bits per heavy atom. The molecule has 0 bridgehead atoms. The molecule has 0 aliphatic heterocycles. The fourth-order valence-electron chi connectivity index (χ4n) is 1.75. The van der Waals surface area contributed by atoms with E-state index in [2.05, 4.69) is 4.98 Å². The molecule has 18 heavy (non-hydrogen) atoms. The Bertz CT molecular complexity index is 696. The van der Waals surface area contributed by atoms with Gasteiger partial charge in [0.15, 0.2) is 10.8 Å².